The molecule has 0 radical (unpaired) electrons. The van der Waals surface area contributed by atoms with Gasteiger partial charge in [0.2, 0.25) is 5.91 Å². The summed E-state index contributed by atoms with van der Waals surface area (Å²) in [6, 6.07) is 6.26. The first-order valence-electron chi connectivity index (χ1n) is 5.61. The molecule has 1 aromatic heterocycles. The molecule has 0 aliphatic heterocycles. The molecule has 0 spiro atoms. The van der Waals surface area contributed by atoms with Crippen molar-refractivity contribution >= 4 is 17.6 Å². The quantitative estimate of drug-likeness (QED) is 0.836. The minimum absolute atomic E-state index is 0.0663. The minimum atomic E-state index is -1.08. The van der Waals surface area contributed by atoms with E-state index < -0.39 is 5.97 Å². The van der Waals surface area contributed by atoms with E-state index in [0.29, 0.717) is 12.2 Å². The molecule has 1 heterocycles. The van der Waals surface area contributed by atoms with Crippen LogP contribution in [0.15, 0.2) is 36.9 Å². The van der Waals surface area contributed by atoms with E-state index >= 15 is 0 Å². The van der Waals surface area contributed by atoms with Crippen LogP contribution in [0.2, 0.25) is 0 Å². The van der Waals surface area contributed by atoms with Crippen LogP contribution in [0.5, 0.6) is 0 Å². The van der Waals surface area contributed by atoms with Gasteiger partial charge in [0.1, 0.15) is 12.7 Å². The summed E-state index contributed by atoms with van der Waals surface area (Å²) in [7, 11) is 0. The minimum Gasteiger partial charge on any atom is -0.478 e. The summed E-state index contributed by atoms with van der Waals surface area (Å²) >= 11 is 0. The van der Waals surface area contributed by atoms with E-state index in [1.807, 2.05) is 0 Å². The van der Waals surface area contributed by atoms with E-state index in [9.17, 15) is 9.59 Å². The molecule has 0 aliphatic carbocycles. The number of hydrogen-bond donors (Lipinski definition) is 2. The maximum Gasteiger partial charge on any atom is 0.337 e. The normalized spacial score (nSPS) is 10.1. The lowest BCUT2D eigenvalue weighted by atomic mass is 10.2. The Bertz CT molecular complexity index is 580. The number of aromatic nitrogens is 3. The lowest BCUT2D eigenvalue weighted by Gasteiger charge is -2.08. The lowest BCUT2D eigenvalue weighted by molar-refractivity contribution is -0.116. The number of hydrogen-bond acceptors (Lipinski definition) is 4. The fraction of sp³-hybridized carbons (Fsp3) is 0.167. The van der Waals surface area contributed by atoms with Gasteiger partial charge in [-0.1, -0.05) is 12.1 Å². The Hall–Kier alpha value is -2.70. The Kier molecular flexibility index (Phi) is 3.87. The fourth-order valence-corrected chi connectivity index (χ4v) is 1.56. The monoisotopic (exact) mass is 260 g/mol. The van der Waals surface area contributed by atoms with Gasteiger partial charge < -0.3 is 10.4 Å². The Morgan fingerprint density at radius 2 is 2.11 bits per heavy atom. The molecular weight excluding hydrogens is 248 g/mol. The van der Waals surface area contributed by atoms with Crippen molar-refractivity contribution in [1.29, 1.82) is 0 Å². The Labute approximate surface area is 108 Å². The number of rotatable bonds is 5. The van der Waals surface area contributed by atoms with Crippen molar-refractivity contribution in [2.45, 2.75) is 13.0 Å². The van der Waals surface area contributed by atoms with E-state index in [1.165, 1.54) is 23.4 Å². The molecule has 1 amide bonds. The number of benzene rings is 1. The molecule has 0 atom stereocenters. The number of aryl methyl sites for hydroxylation is 1. The first kappa shape index (κ1) is 12.7. The van der Waals surface area contributed by atoms with E-state index in [4.69, 9.17) is 5.11 Å². The number of carbonyl (C=O) groups is 2. The third-order valence-electron chi connectivity index (χ3n) is 2.47. The Morgan fingerprint density at radius 1 is 1.32 bits per heavy atom. The molecule has 7 nitrogen and oxygen atoms in total. The fourth-order valence-electron chi connectivity index (χ4n) is 1.56. The van der Waals surface area contributed by atoms with Crippen molar-refractivity contribution in [2.24, 2.45) is 0 Å². The zero-order valence-electron chi connectivity index (χ0n) is 9.98. The second-order valence-electron chi connectivity index (χ2n) is 3.81. The van der Waals surface area contributed by atoms with Crippen LogP contribution in [-0.4, -0.2) is 31.7 Å². The average Bonchev–Trinajstić information content (AvgIpc) is 2.90. The molecule has 98 valence electrons. The highest BCUT2D eigenvalue weighted by atomic mass is 16.4. The molecule has 2 N–H and O–H groups in total. The van der Waals surface area contributed by atoms with Gasteiger partial charge >= 0.3 is 5.97 Å². The summed E-state index contributed by atoms with van der Waals surface area (Å²) in [5.74, 6) is -1.35. The number of aromatic carboxylic acids is 1. The molecule has 7 heteroatoms. The Balaban J connectivity index is 1.97. The Morgan fingerprint density at radius 3 is 2.79 bits per heavy atom. The second-order valence-corrected chi connectivity index (χ2v) is 3.81. The molecule has 1 aromatic carbocycles. The third kappa shape index (κ3) is 3.38. The van der Waals surface area contributed by atoms with E-state index in [-0.39, 0.29) is 17.9 Å². The van der Waals surface area contributed by atoms with Crippen molar-refractivity contribution in [3.8, 4) is 0 Å². The maximum absolute atomic E-state index is 11.7. The molecule has 19 heavy (non-hydrogen) atoms. The average molecular weight is 260 g/mol. The van der Waals surface area contributed by atoms with Gasteiger partial charge in [-0.2, -0.15) is 5.10 Å². The van der Waals surface area contributed by atoms with Gasteiger partial charge in [-0.05, 0) is 12.1 Å². The highest BCUT2D eigenvalue weighted by molar-refractivity contribution is 6.00. The SMILES string of the molecule is O=C(CCn1cncn1)Nc1ccccc1C(=O)O. The van der Waals surface area contributed by atoms with Gasteiger partial charge in [-0.25, -0.2) is 9.78 Å². The van der Waals surface area contributed by atoms with Crippen LogP contribution in [0.25, 0.3) is 0 Å². The van der Waals surface area contributed by atoms with Crippen molar-refractivity contribution in [1.82, 2.24) is 14.8 Å². The zero-order chi connectivity index (χ0) is 13.7. The second kappa shape index (κ2) is 5.76. The van der Waals surface area contributed by atoms with E-state index in [0.717, 1.165) is 0 Å². The standard InChI is InChI=1S/C12H12N4O3/c17-11(5-6-16-8-13-7-14-16)15-10-4-2-1-3-9(10)12(18)19/h1-4,7-8H,5-6H2,(H,15,17)(H,18,19). The molecular formula is C12H12N4O3. The smallest absolute Gasteiger partial charge is 0.337 e. The molecule has 0 bridgehead atoms. The van der Waals surface area contributed by atoms with Crippen molar-refractivity contribution in [2.75, 3.05) is 5.32 Å². The van der Waals surface area contributed by atoms with Crippen LogP contribution in [0, 0.1) is 0 Å². The van der Waals surface area contributed by atoms with E-state index in [2.05, 4.69) is 15.4 Å². The lowest BCUT2D eigenvalue weighted by Crippen LogP contribution is -2.16. The van der Waals surface area contributed by atoms with Crippen LogP contribution in [0.4, 0.5) is 5.69 Å². The van der Waals surface area contributed by atoms with Gasteiger partial charge in [0.25, 0.3) is 0 Å². The molecule has 0 saturated heterocycles. The summed E-state index contributed by atoms with van der Waals surface area (Å²) in [6.07, 6.45) is 3.09. The maximum atomic E-state index is 11.7. The zero-order valence-corrected chi connectivity index (χ0v) is 9.98. The first-order chi connectivity index (χ1) is 9.16. The van der Waals surface area contributed by atoms with Crippen LogP contribution in [0.1, 0.15) is 16.8 Å². The predicted molar refractivity (Wildman–Crippen MR) is 66.7 cm³/mol. The predicted octanol–water partition coefficient (Wildman–Crippen LogP) is 1.01. The molecule has 0 aliphatic rings. The topological polar surface area (TPSA) is 97.1 Å². The van der Waals surface area contributed by atoms with Crippen LogP contribution in [0.3, 0.4) is 0 Å². The first-order valence-corrected chi connectivity index (χ1v) is 5.61. The summed E-state index contributed by atoms with van der Waals surface area (Å²) in [5.41, 5.74) is 0.357. The third-order valence-corrected chi connectivity index (χ3v) is 2.47. The molecule has 0 unspecified atom stereocenters. The number of anilines is 1. The number of carbonyl (C=O) groups excluding carboxylic acids is 1. The molecule has 2 rings (SSSR count). The summed E-state index contributed by atoms with van der Waals surface area (Å²) in [6.45, 7) is 0.390. The summed E-state index contributed by atoms with van der Waals surface area (Å²) in [4.78, 5) is 26.5. The van der Waals surface area contributed by atoms with Crippen molar-refractivity contribution < 1.29 is 14.7 Å². The summed E-state index contributed by atoms with van der Waals surface area (Å²) < 4.78 is 1.53. The number of amides is 1. The van der Waals surface area contributed by atoms with Crippen LogP contribution in [-0.2, 0) is 11.3 Å². The van der Waals surface area contributed by atoms with Gasteiger partial charge in [-0.15, -0.1) is 0 Å². The van der Waals surface area contributed by atoms with Gasteiger partial charge in [0.05, 0.1) is 17.8 Å². The highest BCUT2D eigenvalue weighted by Gasteiger charge is 2.11. The molecule has 2 aromatic rings. The van der Waals surface area contributed by atoms with Crippen molar-refractivity contribution in [3.63, 3.8) is 0 Å². The number of nitrogens with zero attached hydrogens (tertiary/aromatic N) is 3. The number of carboxylic acid groups (broad SMARTS) is 1. The molecule has 0 fully saturated rings. The van der Waals surface area contributed by atoms with E-state index in [1.54, 1.807) is 18.2 Å². The van der Waals surface area contributed by atoms with Crippen molar-refractivity contribution in [3.05, 3.63) is 42.5 Å². The van der Waals surface area contributed by atoms with Crippen LogP contribution >= 0.6 is 0 Å². The number of carboxylic acids is 1. The summed E-state index contributed by atoms with van der Waals surface area (Å²) in [5, 5.41) is 15.4. The number of nitrogens with one attached hydrogen (secondary N) is 1. The number of para-hydroxylation sites is 1. The molecule has 0 saturated carbocycles. The van der Waals surface area contributed by atoms with Crippen LogP contribution < -0.4 is 5.32 Å². The van der Waals surface area contributed by atoms with Gasteiger partial charge in [0, 0.05) is 6.42 Å². The highest BCUT2D eigenvalue weighted by Crippen LogP contribution is 2.15. The largest absolute Gasteiger partial charge is 0.478 e. The van der Waals surface area contributed by atoms with Gasteiger partial charge in [-0.3, -0.25) is 9.48 Å². The van der Waals surface area contributed by atoms with Gasteiger partial charge in [0.15, 0.2) is 0 Å².